The number of rotatable bonds is 7. The number of fused-ring (bicyclic) bond motifs is 1. The highest BCUT2D eigenvalue weighted by molar-refractivity contribution is 7.89. The summed E-state index contributed by atoms with van der Waals surface area (Å²) < 4.78 is 45.5. The number of piperidine rings is 1. The molecule has 4 heterocycles. The van der Waals surface area contributed by atoms with Crippen molar-refractivity contribution in [2.45, 2.75) is 30.6 Å². The Labute approximate surface area is 250 Å². The van der Waals surface area contributed by atoms with E-state index in [1.807, 2.05) is 73.7 Å². The molecular weight excluding hydrogens is 564 g/mol. The number of benzene rings is 3. The molecule has 0 saturated carbocycles. The van der Waals surface area contributed by atoms with E-state index in [-0.39, 0.29) is 17.6 Å². The van der Waals surface area contributed by atoms with Crippen molar-refractivity contribution in [2.75, 3.05) is 19.9 Å². The van der Waals surface area contributed by atoms with E-state index in [1.54, 1.807) is 28.6 Å². The number of pyridine rings is 1. The topological polar surface area (TPSA) is 107 Å². The van der Waals surface area contributed by atoms with Crippen molar-refractivity contribution < 1.29 is 22.6 Å². The van der Waals surface area contributed by atoms with E-state index >= 15 is 0 Å². The number of aromatic amines is 1. The molecule has 0 bridgehead atoms. The number of imidazole rings is 1. The fourth-order valence-electron chi connectivity index (χ4n) is 5.53. The van der Waals surface area contributed by atoms with Crippen LogP contribution in [0.25, 0.3) is 22.6 Å². The Hall–Kier alpha value is -4.67. The van der Waals surface area contributed by atoms with Gasteiger partial charge in [-0.25, -0.2) is 13.4 Å². The highest BCUT2D eigenvalue weighted by Crippen LogP contribution is 2.40. The van der Waals surface area contributed by atoms with Gasteiger partial charge in [0.25, 0.3) is 0 Å². The molecule has 0 unspecified atom stereocenters. The van der Waals surface area contributed by atoms with E-state index in [2.05, 4.69) is 4.98 Å². The lowest BCUT2D eigenvalue weighted by molar-refractivity contribution is 0.174. The van der Waals surface area contributed by atoms with Crippen molar-refractivity contribution in [1.29, 1.82) is 0 Å². The van der Waals surface area contributed by atoms with Crippen LogP contribution in [0.1, 0.15) is 30.3 Å². The third kappa shape index (κ3) is 5.47. The van der Waals surface area contributed by atoms with Crippen LogP contribution in [-0.2, 0) is 10.0 Å². The van der Waals surface area contributed by atoms with Gasteiger partial charge >= 0.3 is 0 Å². The molecule has 43 heavy (non-hydrogen) atoms. The lowest BCUT2D eigenvalue weighted by Crippen LogP contribution is -2.38. The van der Waals surface area contributed by atoms with Crippen LogP contribution in [-0.4, -0.2) is 47.6 Å². The number of sulfonamides is 1. The SMILES string of the molecule is Cc1cccc(-c2[nH]c(C3CCN(S(=O)(=O)c4ccc(Oc5ccccc5)cc4)CC3)nc2-c2ccc3c(c2)OCO3)n1. The summed E-state index contributed by atoms with van der Waals surface area (Å²) in [5, 5.41) is 0. The fraction of sp³-hybridized carbons (Fsp3) is 0.212. The van der Waals surface area contributed by atoms with Crippen molar-refractivity contribution in [3.8, 4) is 45.6 Å². The molecule has 2 aliphatic rings. The summed E-state index contributed by atoms with van der Waals surface area (Å²) in [6.45, 7) is 2.95. The summed E-state index contributed by atoms with van der Waals surface area (Å²) in [4.78, 5) is 13.6. The normalized spacial score (nSPS) is 15.5. The third-order valence-electron chi connectivity index (χ3n) is 7.79. The molecule has 2 aliphatic heterocycles. The first-order valence-corrected chi connectivity index (χ1v) is 15.7. The quantitative estimate of drug-likeness (QED) is 0.228. The zero-order chi connectivity index (χ0) is 29.4. The van der Waals surface area contributed by atoms with Crippen LogP contribution in [0.2, 0.25) is 0 Å². The van der Waals surface area contributed by atoms with Crippen molar-refractivity contribution in [3.05, 3.63) is 103 Å². The number of para-hydroxylation sites is 1. The Morgan fingerprint density at radius 1 is 0.837 bits per heavy atom. The van der Waals surface area contributed by atoms with Gasteiger partial charge in [0.1, 0.15) is 17.3 Å². The molecule has 218 valence electrons. The van der Waals surface area contributed by atoms with E-state index < -0.39 is 10.0 Å². The molecule has 10 heteroatoms. The molecule has 7 rings (SSSR count). The zero-order valence-electron chi connectivity index (χ0n) is 23.6. The lowest BCUT2D eigenvalue weighted by atomic mass is 9.97. The second kappa shape index (κ2) is 11.2. The zero-order valence-corrected chi connectivity index (χ0v) is 24.4. The van der Waals surface area contributed by atoms with Gasteiger partial charge < -0.3 is 19.2 Å². The number of hydrogen-bond donors (Lipinski definition) is 1. The maximum absolute atomic E-state index is 13.5. The molecule has 0 radical (unpaired) electrons. The summed E-state index contributed by atoms with van der Waals surface area (Å²) in [5.74, 6) is 3.56. The Bertz CT molecular complexity index is 1870. The van der Waals surface area contributed by atoms with E-state index in [4.69, 9.17) is 24.2 Å². The van der Waals surface area contributed by atoms with Gasteiger partial charge in [0.2, 0.25) is 16.8 Å². The van der Waals surface area contributed by atoms with Crippen LogP contribution in [0.4, 0.5) is 0 Å². The first-order chi connectivity index (χ1) is 20.9. The maximum Gasteiger partial charge on any atom is 0.243 e. The number of ether oxygens (including phenoxy) is 3. The van der Waals surface area contributed by atoms with Gasteiger partial charge in [-0.05, 0) is 86.5 Å². The van der Waals surface area contributed by atoms with Crippen LogP contribution in [0.5, 0.6) is 23.0 Å². The molecule has 0 spiro atoms. The minimum absolute atomic E-state index is 0.0689. The highest BCUT2D eigenvalue weighted by atomic mass is 32.2. The van der Waals surface area contributed by atoms with Gasteiger partial charge in [-0.2, -0.15) is 4.31 Å². The van der Waals surface area contributed by atoms with Gasteiger partial charge in [-0.3, -0.25) is 4.98 Å². The number of aryl methyl sites for hydroxylation is 1. The number of hydrogen-bond acceptors (Lipinski definition) is 7. The number of nitrogens with zero attached hydrogens (tertiary/aromatic N) is 3. The second-order valence-electron chi connectivity index (χ2n) is 10.6. The molecule has 5 aromatic rings. The van der Waals surface area contributed by atoms with Crippen molar-refractivity contribution >= 4 is 10.0 Å². The largest absolute Gasteiger partial charge is 0.457 e. The molecule has 1 fully saturated rings. The Morgan fingerprint density at radius 3 is 2.35 bits per heavy atom. The molecule has 3 aromatic carbocycles. The summed E-state index contributed by atoms with van der Waals surface area (Å²) in [5.41, 5.74) is 4.20. The molecule has 2 aromatic heterocycles. The third-order valence-corrected chi connectivity index (χ3v) is 9.71. The molecule has 1 saturated heterocycles. The minimum Gasteiger partial charge on any atom is -0.457 e. The number of aromatic nitrogens is 3. The molecule has 0 amide bonds. The number of nitrogens with one attached hydrogen (secondary N) is 1. The van der Waals surface area contributed by atoms with E-state index in [0.717, 1.165) is 34.2 Å². The first-order valence-electron chi connectivity index (χ1n) is 14.2. The van der Waals surface area contributed by atoms with Gasteiger partial charge in [-0.15, -0.1) is 0 Å². The Balaban J connectivity index is 1.10. The summed E-state index contributed by atoms with van der Waals surface area (Å²) in [6, 6.07) is 27.7. The minimum atomic E-state index is -3.65. The summed E-state index contributed by atoms with van der Waals surface area (Å²) >= 11 is 0. The first kappa shape index (κ1) is 27.2. The van der Waals surface area contributed by atoms with Crippen LogP contribution in [0.3, 0.4) is 0 Å². The summed E-state index contributed by atoms with van der Waals surface area (Å²) in [6.07, 6.45) is 1.28. The standard InChI is InChI=1S/C33H30N4O5S/c1-22-6-5-9-28(34-22)32-31(24-10-15-29-30(20-24)41-21-40-29)35-33(36-32)23-16-18-37(19-17-23)43(38,39)27-13-11-26(12-14-27)42-25-7-3-2-4-8-25/h2-15,20,23H,16-19,21H2,1H3,(H,35,36). The van der Waals surface area contributed by atoms with Crippen LogP contribution in [0.15, 0.2) is 95.9 Å². The highest BCUT2D eigenvalue weighted by Gasteiger charge is 2.32. The number of H-pyrrole nitrogens is 1. The van der Waals surface area contributed by atoms with Gasteiger partial charge in [0.15, 0.2) is 11.5 Å². The van der Waals surface area contributed by atoms with Gasteiger partial charge in [-0.1, -0.05) is 24.3 Å². The van der Waals surface area contributed by atoms with Crippen LogP contribution in [0, 0.1) is 6.92 Å². The fourth-order valence-corrected chi connectivity index (χ4v) is 7.00. The molecule has 1 N–H and O–H groups in total. The van der Waals surface area contributed by atoms with Gasteiger partial charge in [0, 0.05) is 30.3 Å². The predicted octanol–water partition coefficient (Wildman–Crippen LogP) is 6.54. The summed E-state index contributed by atoms with van der Waals surface area (Å²) in [7, 11) is -3.65. The smallest absolute Gasteiger partial charge is 0.243 e. The molecule has 0 aliphatic carbocycles. The lowest BCUT2D eigenvalue weighted by Gasteiger charge is -2.30. The monoisotopic (exact) mass is 594 g/mol. The average molecular weight is 595 g/mol. The van der Waals surface area contributed by atoms with Gasteiger partial charge in [0.05, 0.1) is 22.0 Å². The predicted molar refractivity (Wildman–Crippen MR) is 162 cm³/mol. The van der Waals surface area contributed by atoms with Crippen molar-refractivity contribution in [2.24, 2.45) is 0 Å². The van der Waals surface area contributed by atoms with Crippen LogP contribution < -0.4 is 14.2 Å². The maximum atomic E-state index is 13.5. The van der Waals surface area contributed by atoms with Crippen LogP contribution >= 0.6 is 0 Å². The Morgan fingerprint density at radius 2 is 1.58 bits per heavy atom. The van der Waals surface area contributed by atoms with E-state index in [9.17, 15) is 8.42 Å². The second-order valence-corrected chi connectivity index (χ2v) is 12.6. The Kier molecular flexibility index (Phi) is 7.08. The molecular formula is C33H30N4O5S. The molecule has 9 nitrogen and oxygen atoms in total. The average Bonchev–Trinajstić information content (AvgIpc) is 3.69. The van der Waals surface area contributed by atoms with Crippen molar-refractivity contribution in [1.82, 2.24) is 19.3 Å². The molecule has 0 atom stereocenters. The van der Waals surface area contributed by atoms with Crippen molar-refractivity contribution in [3.63, 3.8) is 0 Å². The van der Waals surface area contributed by atoms with E-state index in [1.165, 1.54) is 0 Å². The van der Waals surface area contributed by atoms with E-state index in [0.29, 0.717) is 48.9 Å².